The first kappa shape index (κ1) is 16.0. The molecule has 20 heavy (non-hydrogen) atoms. The van der Waals surface area contributed by atoms with Crippen LogP contribution in [0.15, 0.2) is 18.2 Å². The van der Waals surface area contributed by atoms with E-state index in [0.29, 0.717) is 0 Å². The van der Waals surface area contributed by atoms with Crippen LogP contribution >= 0.6 is 0 Å². The van der Waals surface area contributed by atoms with Crippen LogP contribution in [0.1, 0.15) is 50.7 Å². The number of rotatable bonds is 5. The number of hydrogen-bond donors (Lipinski definition) is 3. The van der Waals surface area contributed by atoms with Crippen molar-refractivity contribution in [1.29, 1.82) is 5.41 Å². The Morgan fingerprint density at radius 3 is 1.90 bits per heavy atom. The molecule has 0 heterocycles. The minimum Gasteiger partial charge on any atom is -0.370 e. The van der Waals surface area contributed by atoms with Crippen LogP contribution < -0.4 is 16.4 Å². The van der Waals surface area contributed by atoms with Crippen LogP contribution in [0.2, 0.25) is 0 Å². The number of benzene rings is 1. The molecule has 0 aliphatic heterocycles. The number of hydrogen-bond acceptors (Lipinski definition) is 2. The molecule has 0 bridgehead atoms. The third-order valence-corrected chi connectivity index (χ3v) is 3.22. The van der Waals surface area contributed by atoms with E-state index in [1.807, 2.05) is 18.2 Å². The molecular weight excluding hydrogens is 252 g/mol. The van der Waals surface area contributed by atoms with E-state index in [-0.39, 0.29) is 24.3 Å². The molecule has 0 aliphatic carbocycles. The van der Waals surface area contributed by atoms with Crippen LogP contribution in [0.3, 0.4) is 0 Å². The Labute approximate surface area is 120 Å². The molecule has 1 aromatic rings. The minimum atomic E-state index is -0.506. The number of nitrogens with zero attached hydrogens (tertiary/aromatic N) is 1. The highest BCUT2D eigenvalue weighted by Gasteiger charge is 2.22. The van der Waals surface area contributed by atoms with Crippen molar-refractivity contribution in [3.63, 3.8) is 0 Å². The number of anilines is 1. The van der Waals surface area contributed by atoms with Crippen molar-refractivity contribution in [1.82, 2.24) is 0 Å². The summed E-state index contributed by atoms with van der Waals surface area (Å²) in [5, 5.41) is 7.75. The minimum absolute atomic E-state index is 0.0845. The van der Waals surface area contributed by atoms with E-state index in [9.17, 15) is 4.79 Å². The Morgan fingerprint density at radius 1 is 1.15 bits per heavy atom. The van der Waals surface area contributed by atoms with Gasteiger partial charge in [-0.2, -0.15) is 0 Å². The van der Waals surface area contributed by atoms with Crippen LogP contribution in [0.25, 0.3) is 0 Å². The highest BCUT2D eigenvalue weighted by Crippen LogP contribution is 2.35. The summed E-state index contributed by atoms with van der Waals surface area (Å²) in [6.07, 6.45) is 0. The quantitative estimate of drug-likeness (QED) is 0.567. The second-order valence-electron chi connectivity index (χ2n) is 5.53. The molecule has 5 N–H and O–H groups in total. The summed E-state index contributed by atoms with van der Waals surface area (Å²) in [6, 6.07) is 6.00. The standard InChI is InChI=1S/C15H24N4O/c1-9(2)11-6-5-7-12(10(3)4)14(11)19(15(17)18)8-13(16)20/h5-7,9-10H,8H2,1-4H3,(H2,16,20)(H3,17,18). The van der Waals surface area contributed by atoms with Crippen molar-refractivity contribution in [2.24, 2.45) is 11.5 Å². The molecule has 0 radical (unpaired) electrons. The molecule has 5 heteroatoms. The average molecular weight is 276 g/mol. The molecule has 1 rings (SSSR count). The van der Waals surface area contributed by atoms with Gasteiger partial charge < -0.3 is 16.4 Å². The van der Waals surface area contributed by atoms with Gasteiger partial charge >= 0.3 is 0 Å². The van der Waals surface area contributed by atoms with Gasteiger partial charge in [0.1, 0.15) is 6.54 Å². The Bertz CT molecular complexity index is 482. The number of nitrogens with two attached hydrogens (primary N) is 2. The predicted octanol–water partition coefficient (Wildman–Crippen LogP) is 2.12. The van der Waals surface area contributed by atoms with Crippen molar-refractivity contribution >= 4 is 17.6 Å². The van der Waals surface area contributed by atoms with E-state index in [4.69, 9.17) is 16.9 Å². The lowest BCUT2D eigenvalue weighted by Crippen LogP contribution is -2.43. The van der Waals surface area contributed by atoms with E-state index < -0.39 is 5.91 Å². The van der Waals surface area contributed by atoms with Gasteiger partial charge in [0, 0.05) is 0 Å². The topological polar surface area (TPSA) is 96.2 Å². The first-order valence-corrected chi connectivity index (χ1v) is 6.78. The first-order chi connectivity index (χ1) is 9.25. The van der Waals surface area contributed by atoms with E-state index in [1.165, 1.54) is 4.90 Å². The van der Waals surface area contributed by atoms with Crippen molar-refractivity contribution in [2.45, 2.75) is 39.5 Å². The molecule has 110 valence electrons. The van der Waals surface area contributed by atoms with Gasteiger partial charge in [0.15, 0.2) is 5.96 Å². The zero-order valence-corrected chi connectivity index (χ0v) is 12.6. The summed E-state index contributed by atoms with van der Waals surface area (Å²) < 4.78 is 0. The fourth-order valence-electron chi connectivity index (χ4n) is 2.26. The molecule has 1 aromatic carbocycles. The molecule has 0 aliphatic rings. The average Bonchev–Trinajstić information content (AvgIpc) is 2.34. The van der Waals surface area contributed by atoms with Crippen molar-refractivity contribution in [3.05, 3.63) is 29.3 Å². The normalized spacial score (nSPS) is 10.9. The summed E-state index contributed by atoms with van der Waals surface area (Å²) in [5.41, 5.74) is 13.9. The summed E-state index contributed by atoms with van der Waals surface area (Å²) >= 11 is 0. The van der Waals surface area contributed by atoms with Gasteiger partial charge in [-0.25, -0.2) is 0 Å². The van der Waals surface area contributed by atoms with Crippen LogP contribution in [0.5, 0.6) is 0 Å². The SMILES string of the molecule is CC(C)c1cccc(C(C)C)c1N(CC(N)=O)C(=N)N. The van der Waals surface area contributed by atoms with Gasteiger partial charge in [0.05, 0.1) is 5.69 Å². The van der Waals surface area contributed by atoms with E-state index in [2.05, 4.69) is 27.7 Å². The third-order valence-electron chi connectivity index (χ3n) is 3.22. The van der Waals surface area contributed by atoms with Gasteiger partial charge in [-0.3, -0.25) is 10.2 Å². The Kier molecular flexibility index (Phi) is 5.13. The molecule has 0 spiro atoms. The van der Waals surface area contributed by atoms with Crippen molar-refractivity contribution < 1.29 is 4.79 Å². The molecule has 0 unspecified atom stereocenters. The highest BCUT2D eigenvalue weighted by atomic mass is 16.1. The van der Waals surface area contributed by atoms with Crippen LogP contribution in [-0.4, -0.2) is 18.4 Å². The fraction of sp³-hybridized carbons (Fsp3) is 0.467. The lowest BCUT2D eigenvalue weighted by atomic mass is 9.92. The van der Waals surface area contributed by atoms with Crippen molar-refractivity contribution in [3.8, 4) is 0 Å². The lowest BCUT2D eigenvalue weighted by molar-refractivity contribution is -0.116. The Hall–Kier alpha value is -2.04. The van der Waals surface area contributed by atoms with Gasteiger partial charge in [0.2, 0.25) is 5.91 Å². The third kappa shape index (κ3) is 3.50. The number of guanidine groups is 1. The van der Waals surface area contributed by atoms with Crippen molar-refractivity contribution in [2.75, 3.05) is 11.4 Å². The summed E-state index contributed by atoms with van der Waals surface area (Å²) in [4.78, 5) is 12.8. The maximum atomic E-state index is 11.3. The largest absolute Gasteiger partial charge is 0.370 e. The van der Waals surface area contributed by atoms with E-state index in [1.54, 1.807) is 0 Å². The second kappa shape index (κ2) is 6.41. The van der Waals surface area contributed by atoms with E-state index in [0.717, 1.165) is 16.8 Å². The lowest BCUT2D eigenvalue weighted by Gasteiger charge is -2.29. The zero-order valence-electron chi connectivity index (χ0n) is 12.6. The molecule has 0 atom stereocenters. The summed E-state index contributed by atoms with van der Waals surface area (Å²) in [7, 11) is 0. The van der Waals surface area contributed by atoms with Gasteiger partial charge in [-0.1, -0.05) is 45.9 Å². The fourth-order valence-corrected chi connectivity index (χ4v) is 2.26. The smallest absolute Gasteiger partial charge is 0.237 e. The number of nitrogens with one attached hydrogen (secondary N) is 1. The number of carbonyl (C=O) groups excluding carboxylic acids is 1. The van der Waals surface area contributed by atoms with Gasteiger partial charge in [0.25, 0.3) is 0 Å². The monoisotopic (exact) mass is 276 g/mol. The number of amides is 1. The van der Waals surface area contributed by atoms with Crippen LogP contribution in [0, 0.1) is 5.41 Å². The molecule has 0 saturated heterocycles. The first-order valence-electron chi connectivity index (χ1n) is 6.78. The van der Waals surface area contributed by atoms with Crippen LogP contribution in [-0.2, 0) is 4.79 Å². The molecule has 0 saturated carbocycles. The van der Waals surface area contributed by atoms with E-state index >= 15 is 0 Å². The summed E-state index contributed by atoms with van der Waals surface area (Å²) in [5.74, 6) is -0.149. The Balaban J connectivity index is 3.50. The van der Waals surface area contributed by atoms with Crippen LogP contribution in [0.4, 0.5) is 5.69 Å². The molecule has 0 aromatic heterocycles. The molecule has 1 amide bonds. The van der Waals surface area contributed by atoms with Gasteiger partial charge in [-0.05, 0) is 23.0 Å². The zero-order chi connectivity index (χ0) is 15.4. The maximum absolute atomic E-state index is 11.3. The molecule has 0 fully saturated rings. The molecule has 5 nitrogen and oxygen atoms in total. The predicted molar refractivity (Wildman–Crippen MR) is 83.1 cm³/mol. The Morgan fingerprint density at radius 2 is 1.60 bits per heavy atom. The second-order valence-corrected chi connectivity index (χ2v) is 5.53. The highest BCUT2D eigenvalue weighted by molar-refractivity contribution is 5.99. The maximum Gasteiger partial charge on any atom is 0.237 e. The van der Waals surface area contributed by atoms with Gasteiger partial charge in [-0.15, -0.1) is 0 Å². The number of primary amides is 1. The number of carbonyl (C=O) groups is 1. The molecular formula is C15H24N4O. The summed E-state index contributed by atoms with van der Waals surface area (Å²) in [6.45, 7) is 8.22. The number of para-hydroxylation sites is 1.